The molecule has 0 spiro atoms. The lowest BCUT2D eigenvalue weighted by Gasteiger charge is -2.06. The molecule has 6 nitrogen and oxygen atoms in total. The fourth-order valence-electron chi connectivity index (χ4n) is 1.77. The second-order valence-electron chi connectivity index (χ2n) is 4.41. The Labute approximate surface area is 111 Å². The van der Waals surface area contributed by atoms with Gasteiger partial charge in [0.15, 0.2) is 0 Å². The molecule has 0 bridgehead atoms. The van der Waals surface area contributed by atoms with Crippen LogP contribution >= 0.6 is 0 Å². The van der Waals surface area contributed by atoms with Gasteiger partial charge in [-0.25, -0.2) is 0 Å². The first kappa shape index (κ1) is 13.2. The van der Waals surface area contributed by atoms with Crippen LogP contribution in [0.25, 0.3) is 0 Å². The molecule has 19 heavy (non-hydrogen) atoms. The zero-order valence-electron chi connectivity index (χ0n) is 10.9. The van der Waals surface area contributed by atoms with Gasteiger partial charge in [-0.15, -0.1) is 0 Å². The van der Waals surface area contributed by atoms with Gasteiger partial charge in [-0.1, -0.05) is 12.1 Å². The quantitative estimate of drug-likeness (QED) is 0.660. The van der Waals surface area contributed by atoms with E-state index in [1.54, 1.807) is 12.1 Å². The van der Waals surface area contributed by atoms with E-state index in [1.165, 1.54) is 12.1 Å². The highest BCUT2D eigenvalue weighted by Crippen LogP contribution is 2.14. The summed E-state index contributed by atoms with van der Waals surface area (Å²) in [6.07, 6.45) is 3.80. The summed E-state index contributed by atoms with van der Waals surface area (Å²) in [6.45, 7) is 2.67. The van der Waals surface area contributed by atoms with Crippen LogP contribution in [0.15, 0.2) is 36.7 Å². The summed E-state index contributed by atoms with van der Waals surface area (Å²) < 4.78 is 1.82. The molecule has 1 aromatic heterocycles. The Hall–Kier alpha value is -2.21. The highest BCUT2D eigenvalue weighted by molar-refractivity contribution is 5.32. The topological polar surface area (TPSA) is 73.0 Å². The SMILES string of the molecule is CNC(C)c1cnn(Cc2ccc([N+](=O)[O-])cc2)c1. The van der Waals surface area contributed by atoms with Gasteiger partial charge in [-0.3, -0.25) is 14.8 Å². The van der Waals surface area contributed by atoms with E-state index >= 15 is 0 Å². The highest BCUT2D eigenvalue weighted by atomic mass is 16.6. The van der Waals surface area contributed by atoms with Crippen LogP contribution in [0.3, 0.4) is 0 Å². The molecule has 1 heterocycles. The molecule has 2 rings (SSSR count). The van der Waals surface area contributed by atoms with Gasteiger partial charge >= 0.3 is 0 Å². The van der Waals surface area contributed by atoms with Crippen LogP contribution in [0.1, 0.15) is 24.1 Å². The summed E-state index contributed by atoms with van der Waals surface area (Å²) in [5, 5.41) is 18.0. The van der Waals surface area contributed by atoms with E-state index in [2.05, 4.69) is 17.3 Å². The van der Waals surface area contributed by atoms with Gasteiger partial charge in [0.2, 0.25) is 0 Å². The molecule has 0 saturated heterocycles. The maximum atomic E-state index is 10.6. The Kier molecular flexibility index (Phi) is 3.91. The summed E-state index contributed by atoms with van der Waals surface area (Å²) >= 11 is 0. The first-order chi connectivity index (χ1) is 9.10. The van der Waals surface area contributed by atoms with Crippen LogP contribution in [0, 0.1) is 10.1 Å². The summed E-state index contributed by atoms with van der Waals surface area (Å²) in [7, 11) is 1.90. The maximum absolute atomic E-state index is 10.6. The van der Waals surface area contributed by atoms with Crippen molar-refractivity contribution in [2.75, 3.05) is 7.05 Å². The molecule has 0 saturated carbocycles. The largest absolute Gasteiger partial charge is 0.313 e. The predicted octanol–water partition coefficient (Wildman–Crippen LogP) is 2.12. The first-order valence-electron chi connectivity index (χ1n) is 6.03. The Morgan fingerprint density at radius 1 is 1.42 bits per heavy atom. The minimum atomic E-state index is -0.398. The lowest BCUT2D eigenvalue weighted by atomic mass is 10.2. The minimum Gasteiger partial charge on any atom is -0.313 e. The zero-order valence-corrected chi connectivity index (χ0v) is 10.9. The standard InChI is InChI=1S/C13H16N4O2/c1-10(14-2)12-7-15-16(9-12)8-11-3-5-13(6-4-11)17(18)19/h3-7,9-10,14H,8H2,1-2H3. The summed E-state index contributed by atoms with van der Waals surface area (Å²) in [4.78, 5) is 10.2. The Morgan fingerprint density at radius 3 is 2.68 bits per heavy atom. The number of rotatable bonds is 5. The number of nitro benzene ring substituents is 1. The number of aromatic nitrogens is 2. The van der Waals surface area contributed by atoms with Gasteiger partial charge in [0.05, 0.1) is 17.7 Å². The van der Waals surface area contributed by atoms with Crippen molar-refractivity contribution in [3.05, 3.63) is 57.9 Å². The molecule has 100 valence electrons. The second-order valence-corrected chi connectivity index (χ2v) is 4.41. The minimum absolute atomic E-state index is 0.105. The Bertz CT molecular complexity index is 562. The van der Waals surface area contributed by atoms with Crippen LogP contribution in [0.4, 0.5) is 5.69 Å². The van der Waals surface area contributed by atoms with Crippen molar-refractivity contribution in [3.8, 4) is 0 Å². The van der Waals surface area contributed by atoms with E-state index in [0.717, 1.165) is 11.1 Å². The molecular weight excluding hydrogens is 244 g/mol. The predicted molar refractivity (Wildman–Crippen MR) is 71.9 cm³/mol. The van der Waals surface area contributed by atoms with Gasteiger partial charge in [-0.2, -0.15) is 5.10 Å². The molecule has 1 N–H and O–H groups in total. The van der Waals surface area contributed by atoms with Gasteiger partial charge in [0.1, 0.15) is 0 Å². The summed E-state index contributed by atoms with van der Waals surface area (Å²) in [5.41, 5.74) is 2.20. The Morgan fingerprint density at radius 2 is 2.11 bits per heavy atom. The third-order valence-electron chi connectivity index (χ3n) is 3.08. The lowest BCUT2D eigenvalue weighted by Crippen LogP contribution is -2.11. The zero-order chi connectivity index (χ0) is 13.8. The van der Waals surface area contributed by atoms with E-state index in [0.29, 0.717) is 6.54 Å². The van der Waals surface area contributed by atoms with Crippen LogP contribution in [0.2, 0.25) is 0 Å². The van der Waals surface area contributed by atoms with Crippen LogP contribution < -0.4 is 5.32 Å². The summed E-state index contributed by atoms with van der Waals surface area (Å²) in [6, 6.07) is 6.78. The Balaban J connectivity index is 2.08. The van der Waals surface area contributed by atoms with Gasteiger partial charge in [0.25, 0.3) is 5.69 Å². The number of nitro groups is 1. The van der Waals surface area contributed by atoms with E-state index in [1.807, 2.05) is 24.1 Å². The van der Waals surface area contributed by atoms with Gasteiger partial charge in [0, 0.05) is 29.9 Å². The molecule has 1 aromatic carbocycles. The van der Waals surface area contributed by atoms with Crippen LogP contribution in [-0.2, 0) is 6.54 Å². The van der Waals surface area contributed by atoms with Crippen molar-refractivity contribution in [3.63, 3.8) is 0 Å². The fraction of sp³-hybridized carbons (Fsp3) is 0.308. The van der Waals surface area contributed by atoms with Crippen molar-refractivity contribution in [1.29, 1.82) is 0 Å². The molecule has 0 aliphatic rings. The van der Waals surface area contributed by atoms with E-state index in [-0.39, 0.29) is 11.7 Å². The van der Waals surface area contributed by atoms with Crippen molar-refractivity contribution in [2.24, 2.45) is 0 Å². The molecule has 2 aromatic rings. The van der Waals surface area contributed by atoms with Crippen molar-refractivity contribution in [1.82, 2.24) is 15.1 Å². The number of non-ortho nitro benzene ring substituents is 1. The van der Waals surface area contributed by atoms with Gasteiger partial charge < -0.3 is 5.32 Å². The molecular formula is C13H16N4O2. The molecule has 0 radical (unpaired) electrons. The average molecular weight is 260 g/mol. The monoisotopic (exact) mass is 260 g/mol. The summed E-state index contributed by atoms with van der Waals surface area (Å²) in [5.74, 6) is 0. The first-order valence-corrected chi connectivity index (χ1v) is 6.03. The van der Waals surface area contributed by atoms with E-state index in [9.17, 15) is 10.1 Å². The molecule has 1 unspecified atom stereocenters. The average Bonchev–Trinajstić information content (AvgIpc) is 2.87. The molecule has 0 fully saturated rings. The third kappa shape index (κ3) is 3.17. The number of benzene rings is 1. The lowest BCUT2D eigenvalue weighted by molar-refractivity contribution is -0.384. The van der Waals surface area contributed by atoms with Crippen molar-refractivity contribution in [2.45, 2.75) is 19.5 Å². The van der Waals surface area contributed by atoms with Crippen molar-refractivity contribution < 1.29 is 4.92 Å². The number of nitrogens with one attached hydrogen (secondary N) is 1. The van der Waals surface area contributed by atoms with E-state index < -0.39 is 4.92 Å². The third-order valence-corrected chi connectivity index (χ3v) is 3.08. The maximum Gasteiger partial charge on any atom is 0.269 e. The van der Waals surface area contributed by atoms with Crippen LogP contribution in [0.5, 0.6) is 0 Å². The van der Waals surface area contributed by atoms with E-state index in [4.69, 9.17) is 0 Å². The molecule has 0 amide bonds. The number of hydrogen-bond acceptors (Lipinski definition) is 4. The molecule has 6 heteroatoms. The highest BCUT2D eigenvalue weighted by Gasteiger charge is 2.07. The molecule has 0 aliphatic carbocycles. The fourth-order valence-corrected chi connectivity index (χ4v) is 1.77. The molecule has 1 atom stereocenters. The number of hydrogen-bond donors (Lipinski definition) is 1. The van der Waals surface area contributed by atoms with Crippen molar-refractivity contribution >= 4 is 5.69 Å². The number of nitrogens with zero attached hydrogens (tertiary/aromatic N) is 3. The molecule has 0 aliphatic heterocycles. The normalized spacial score (nSPS) is 12.3. The smallest absolute Gasteiger partial charge is 0.269 e. The van der Waals surface area contributed by atoms with Gasteiger partial charge in [-0.05, 0) is 19.5 Å². The van der Waals surface area contributed by atoms with Crippen LogP contribution in [-0.4, -0.2) is 21.8 Å². The second kappa shape index (κ2) is 5.62.